The van der Waals surface area contributed by atoms with E-state index in [1.807, 2.05) is 18.2 Å². The fourth-order valence-electron chi connectivity index (χ4n) is 1.87. The molecule has 0 aliphatic heterocycles. The van der Waals surface area contributed by atoms with Crippen LogP contribution in [0.1, 0.15) is 26.3 Å². The molecule has 0 bridgehead atoms. The molecule has 6 nitrogen and oxygen atoms in total. The van der Waals surface area contributed by atoms with Crippen LogP contribution in [-0.4, -0.2) is 39.1 Å². The molecular formula is C17H26N2O4. The number of benzene rings is 1. The fourth-order valence-corrected chi connectivity index (χ4v) is 1.87. The highest BCUT2D eigenvalue weighted by Gasteiger charge is 2.21. The highest BCUT2D eigenvalue weighted by Crippen LogP contribution is 2.27. The molecular weight excluding hydrogens is 296 g/mol. The van der Waals surface area contributed by atoms with Crippen LogP contribution < -0.4 is 20.1 Å². The van der Waals surface area contributed by atoms with E-state index in [4.69, 9.17) is 9.47 Å². The molecule has 0 aliphatic carbocycles. The Labute approximate surface area is 137 Å². The molecule has 1 aromatic carbocycles. The van der Waals surface area contributed by atoms with Gasteiger partial charge in [-0.15, -0.1) is 0 Å². The first-order chi connectivity index (χ1) is 10.8. The van der Waals surface area contributed by atoms with Crippen molar-refractivity contribution in [1.29, 1.82) is 0 Å². The molecule has 0 aromatic heterocycles. The summed E-state index contributed by atoms with van der Waals surface area (Å²) in [6, 6.07) is 5.64. The Balaban J connectivity index is 2.39. The highest BCUT2D eigenvalue weighted by molar-refractivity contribution is 5.87. The Morgan fingerprint density at radius 2 is 1.70 bits per heavy atom. The van der Waals surface area contributed by atoms with E-state index in [9.17, 15) is 9.59 Å². The normalized spacial score (nSPS) is 10.8. The van der Waals surface area contributed by atoms with Gasteiger partial charge in [-0.25, -0.2) is 0 Å². The Bertz CT molecular complexity index is 550. The van der Waals surface area contributed by atoms with Crippen molar-refractivity contribution >= 4 is 11.8 Å². The minimum Gasteiger partial charge on any atom is -0.493 e. The summed E-state index contributed by atoms with van der Waals surface area (Å²) in [5.41, 5.74) is 0.529. The standard InChI is InChI=1S/C17H26N2O4/c1-17(2,3)16(21)19-11-15(20)18-9-8-12-6-7-13(22-4)14(10-12)23-5/h6-7,10H,8-9,11H2,1-5H3,(H,18,20)(H,19,21). The molecule has 0 heterocycles. The van der Waals surface area contributed by atoms with Gasteiger partial charge in [-0.2, -0.15) is 0 Å². The number of ether oxygens (including phenoxy) is 2. The minimum atomic E-state index is -0.500. The summed E-state index contributed by atoms with van der Waals surface area (Å²) < 4.78 is 10.4. The third-order valence-corrected chi connectivity index (χ3v) is 3.27. The molecule has 0 unspecified atom stereocenters. The number of amides is 2. The van der Waals surface area contributed by atoms with Gasteiger partial charge in [-0.1, -0.05) is 26.8 Å². The number of nitrogens with one attached hydrogen (secondary N) is 2. The lowest BCUT2D eigenvalue weighted by Crippen LogP contribution is -2.42. The second-order valence-electron chi connectivity index (χ2n) is 6.22. The molecule has 0 radical (unpaired) electrons. The Morgan fingerprint density at radius 3 is 2.26 bits per heavy atom. The molecule has 0 aliphatic rings. The summed E-state index contributed by atoms with van der Waals surface area (Å²) in [5.74, 6) is 0.981. The van der Waals surface area contributed by atoms with Gasteiger partial charge in [-0.3, -0.25) is 9.59 Å². The van der Waals surface area contributed by atoms with Crippen LogP contribution in [0.2, 0.25) is 0 Å². The predicted octanol–water partition coefficient (Wildman–Crippen LogP) is 1.52. The van der Waals surface area contributed by atoms with E-state index in [-0.39, 0.29) is 18.4 Å². The van der Waals surface area contributed by atoms with Gasteiger partial charge in [0, 0.05) is 12.0 Å². The molecule has 6 heteroatoms. The maximum absolute atomic E-state index is 11.7. The van der Waals surface area contributed by atoms with Crippen molar-refractivity contribution in [3.05, 3.63) is 23.8 Å². The van der Waals surface area contributed by atoms with Crippen LogP contribution in [0.3, 0.4) is 0 Å². The SMILES string of the molecule is COc1ccc(CCNC(=O)CNC(=O)C(C)(C)C)cc1OC. The summed E-state index contributed by atoms with van der Waals surface area (Å²) in [6.07, 6.45) is 0.666. The number of carbonyl (C=O) groups excluding carboxylic acids is 2. The van der Waals surface area contributed by atoms with Gasteiger partial charge in [0.15, 0.2) is 11.5 Å². The molecule has 128 valence electrons. The van der Waals surface area contributed by atoms with Crippen LogP contribution in [0.4, 0.5) is 0 Å². The lowest BCUT2D eigenvalue weighted by atomic mass is 9.96. The summed E-state index contributed by atoms with van der Waals surface area (Å²) in [7, 11) is 3.17. The highest BCUT2D eigenvalue weighted by atomic mass is 16.5. The van der Waals surface area contributed by atoms with Gasteiger partial charge < -0.3 is 20.1 Å². The zero-order valence-electron chi connectivity index (χ0n) is 14.5. The maximum Gasteiger partial charge on any atom is 0.239 e. The van der Waals surface area contributed by atoms with E-state index in [0.29, 0.717) is 24.5 Å². The summed E-state index contributed by atoms with van der Waals surface area (Å²) in [6.45, 7) is 5.88. The van der Waals surface area contributed by atoms with Crippen molar-refractivity contribution in [2.75, 3.05) is 27.3 Å². The smallest absolute Gasteiger partial charge is 0.239 e. The van der Waals surface area contributed by atoms with Gasteiger partial charge in [0.05, 0.1) is 20.8 Å². The van der Waals surface area contributed by atoms with Gasteiger partial charge in [-0.05, 0) is 24.1 Å². The number of rotatable bonds is 7. The third-order valence-electron chi connectivity index (χ3n) is 3.27. The molecule has 0 fully saturated rings. The van der Waals surface area contributed by atoms with Crippen LogP contribution in [-0.2, 0) is 16.0 Å². The molecule has 1 aromatic rings. The maximum atomic E-state index is 11.7. The zero-order chi connectivity index (χ0) is 17.5. The monoisotopic (exact) mass is 322 g/mol. The van der Waals surface area contributed by atoms with Crippen molar-refractivity contribution in [3.8, 4) is 11.5 Å². The number of hydrogen-bond donors (Lipinski definition) is 2. The van der Waals surface area contributed by atoms with E-state index in [1.54, 1.807) is 35.0 Å². The van der Waals surface area contributed by atoms with E-state index in [0.717, 1.165) is 5.56 Å². The number of carbonyl (C=O) groups is 2. The first kappa shape index (κ1) is 18.8. The second kappa shape index (κ2) is 8.41. The Hall–Kier alpha value is -2.24. The van der Waals surface area contributed by atoms with Crippen molar-refractivity contribution < 1.29 is 19.1 Å². The first-order valence-electron chi connectivity index (χ1n) is 7.54. The summed E-state index contributed by atoms with van der Waals surface area (Å²) >= 11 is 0. The topological polar surface area (TPSA) is 76.7 Å². The number of methoxy groups -OCH3 is 2. The van der Waals surface area contributed by atoms with Crippen molar-refractivity contribution in [2.45, 2.75) is 27.2 Å². The van der Waals surface area contributed by atoms with Crippen molar-refractivity contribution in [3.63, 3.8) is 0 Å². The summed E-state index contributed by atoms with van der Waals surface area (Å²) in [4.78, 5) is 23.4. The average Bonchev–Trinajstić information content (AvgIpc) is 2.51. The van der Waals surface area contributed by atoms with E-state index in [1.165, 1.54) is 0 Å². The average molecular weight is 322 g/mol. The molecule has 23 heavy (non-hydrogen) atoms. The number of hydrogen-bond acceptors (Lipinski definition) is 4. The molecule has 0 atom stereocenters. The molecule has 0 spiro atoms. The molecule has 1 rings (SSSR count). The quantitative estimate of drug-likeness (QED) is 0.798. The van der Waals surface area contributed by atoms with Crippen molar-refractivity contribution in [2.24, 2.45) is 5.41 Å². The Morgan fingerprint density at radius 1 is 1.04 bits per heavy atom. The van der Waals surface area contributed by atoms with Gasteiger partial charge in [0.2, 0.25) is 11.8 Å². The molecule has 2 amide bonds. The van der Waals surface area contributed by atoms with E-state index < -0.39 is 5.41 Å². The fraction of sp³-hybridized carbons (Fsp3) is 0.529. The van der Waals surface area contributed by atoms with E-state index in [2.05, 4.69) is 10.6 Å². The van der Waals surface area contributed by atoms with Crippen LogP contribution in [0.5, 0.6) is 11.5 Å². The second-order valence-corrected chi connectivity index (χ2v) is 6.22. The van der Waals surface area contributed by atoms with Gasteiger partial charge >= 0.3 is 0 Å². The lowest BCUT2D eigenvalue weighted by molar-refractivity contribution is -0.131. The lowest BCUT2D eigenvalue weighted by Gasteiger charge is -2.17. The minimum absolute atomic E-state index is 0.0119. The summed E-state index contributed by atoms with van der Waals surface area (Å²) in [5, 5.41) is 5.40. The van der Waals surface area contributed by atoms with Crippen molar-refractivity contribution in [1.82, 2.24) is 10.6 Å². The molecule has 0 saturated heterocycles. The third kappa shape index (κ3) is 6.18. The van der Waals surface area contributed by atoms with E-state index >= 15 is 0 Å². The zero-order valence-corrected chi connectivity index (χ0v) is 14.5. The van der Waals surface area contributed by atoms with Crippen LogP contribution in [0.15, 0.2) is 18.2 Å². The van der Waals surface area contributed by atoms with Crippen LogP contribution >= 0.6 is 0 Å². The van der Waals surface area contributed by atoms with Crippen LogP contribution in [0.25, 0.3) is 0 Å². The molecule has 0 saturated carbocycles. The largest absolute Gasteiger partial charge is 0.493 e. The van der Waals surface area contributed by atoms with Crippen LogP contribution in [0, 0.1) is 5.41 Å². The first-order valence-corrected chi connectivity index (χ1v) is 7.54. The molecule has 2 N–H and O–H groups in total. The van der Waals surface area contributed by atoms with Gasteiger partial charge in [0.25, 0.3) is 0 Å². The van der Waals surface area contributed by atoms with Gasteiger partial charge in [0.1, 0.15) is 0 Å². The Kier molecular flexibility index (Phi) is 6.88. The predicted molar refractivity (Wildman–Crippen MR) is 88.7 cm³/mol.